The van der Waals surface area contributed by atoms with Gasteiger partial charge in [0.25, 0.3) is 0 Å². The molecule has 4 rings (SSSR count). The summed E-state index contributed by atoms with van der Waals surface area (Å²) in [6.45, 7) is 4.30. The minimum atomic E-state index is -0.420. The molecule has 1 aliphatic heterocycles. The SMILES string of the molecule is Cc1cc(N2C[C@@H](O)C[C@@H]2c2nc(C)no2)nc(C2CC2)n1. The number of aromatic nitrogens is 4. The molecule has 2 fully saturated rings. The molecular formula is C15H19N5O2. The molecule has 116 valence electrons. The molecule has 2 atom stereocenters. The maximum absolute atomic E-state index is 10.1. The lowest BCUT2D eigenvalue weighted by Crippen LogP contribution is -2.26. The smallest absolute Gasteiger partial charge is 0.249 e. The van der Waals surface area contributed by atoms with Crippen LogP contribution >= 0.6 is 0 Å². The van der Waals surface area contributed by atoms with E-state index in [9.17, 15) is 5.11 Å². The molecule has 1 saturated carbocycles. The minimum absolute atomic E-state index is 0.127. The highest BCUT2D eigenvalue weighted by atomic mass is 16.5. The summed E-state index contributed by atoms with van der Waals surface area (Å²) in [6.07, 6.45) is 2.48. The van der Waals surface area contributed by atoms with E-state index in [0.717, 1.165) is 30.2 Å². The summed E-state index contributed by atoms with van der Waals surface area (Å²) >= 11 is 0. The second kappa shape index (κ2) is 5.01. The van der Waals surface area contributed by atoms with Crippen LogP contribution in [0, 0.1) is 13.8 Å². The van der Waals surface area contributed by atoms with E-state index in [1.807, 2.05) is 13.0 Å². The topological polar surface area (TPSA) is 88.2 Å². The minimum Gasteiger partial charge on any atom is -0.391 e. The highest BCUT2D eigenvalue weighted by Gasteiger charge is 2.37. The molecule has 7 nitrogen and oxygen atoms in total. The number of rotatable bonds is 3. The first kappa shape index (κ1) is 13.6. The Labute approximate surface area is 128 Å². The van der Waals surface area contributed by atoms with Crippen LogP contribution in [-0.4, -0.2) is 37.9 Å². The highest BCUT2D eigenvalue weighted by molar-refractivity contribution is 5.44. The molecule has 3 heterocycles. The van der Waals surface area contributed by atoms with Gasteiger partial charge in [0.2, 0.25) is 5.89 Å². The molecule has 22 heavy (non-hydrogen) atoms. The van der Waals surface area contributed by atoms with Crippen LogP contribution in [0.3, 0.4) is 0 Å². The first-order valence-electron chi connectivity index (χ1n) is 7.70. The zero-order chi connectivity index (χ0) is 15.3. The number of aryl methyl sites for hydroxylation is 2. The van der Waals surface area contributed by atoms with Crippen LogP contribution in [0.5, 0.6) is 0 Å². The van der Waals surface area contributed by atoms with Crippen LogP contribution in [0.15, 0.2) is 10.6 Å². The van der Waals surface area contributed by atoms with E-state index >= 15 is 0 Å². The number of anilines is 1. The number of hydrogen-bond acceptors (Lipinski definition) is 7. The molecule has 1 saturated heterocycles. The predicted molar refractivity (Wildman–Crippen MR) is 78.5 cm³/mol. The van der Waals surface area contributed by atoms with Gasteiger partial charge in [0.05, 0.1) is 6.10 Å². The Kier molecular flexibility index (Phi) is 3.11. The van der Waals surface area contributed by atoms with Gasteiger partial charge in [0.15, 0.2) is 5.82 Å². The zero-order valence-corrected chi connectivity index (χ0v) is 12.7. The average Bonchev–Trinajstić information content (AvgIpc) is 3.13. The number of aliphatic hydroxyl groups is 1. The Balaban J connectivity index is 1.70. The summed E-state index contributed by atoms with van der Waals surface area (Å²) in [4.78, 5) is 15.6. The van der Waals surface area contributed by atoms with Gasteiger partial charge in [-0.3, -0.25) is 0 Å². The summed E-state index contributed by atoms with van der Waals surface area (Å²) < 4.78 is 5.31. The van der Waals surface area contributed by atoms with Crippen LogP contribution in [0.2, 0.25) is 0 Å². The Morgan fingerprint density at radius 3 is 2.73 bits per heavy atom. The third-order valence-electron chi connectivity index (χ3n) is 4.20. The Hall–Kier alpha value is -2.02. The number of β-amino-alcohol motifs (C(OH)–C–C–N with tert-alkyl or cyclic N) is 1. The largest absolute Gasteiger partial charge is 0.391 e. The van der Waals surface area contributed by atoms with Crippen molar-refractivity contribution in [3.63, 3.8) is 0 Å². The number of nitrogens with zero attached hydrogens (tertiary/aromatic N) is 5. The van der Waals surface area contributed by atoms with Gasteiger partial charge in [-0.25, -0.2) is 9.97 Å². The van der Waals surface area contributed by atoms with Crippen molar-refractivity contribution in [3.8, 4) is 0 Å². The standard InChI is InChI=1S/C15H19N5O2/c1-8-5-13(18-14(16-8)10-3-4-10)20-7-11(21)6-12(20)15-17-9(2)19-22-15/h5,10-12,21H,3-4,6-7H2,1-2H3/t11-,12+/m0/s1. The molecule has 0 amide bonds. The van der Waals surface area contributed by atoms with E-state index in [2.05, 4.69) is 20.0 Å². The lowest BCUT2D eigenvalue weighted by atomic mass is 10.2. The fourth-order valence-electron chi connectivity index (χ4n) is 3.00. The van der Waals surface area contributed by atoms with Crippen LogP contribution in [0.4, 0.5) is 5.82 Å². The Morgan fingerprint density at radius 2 is 2.05 bits per heavy atom. The first-order chi connectivity index (χ1) is 10.6. The van der Waals surface area contributed by atoms with E-state index in [0.29, 0.717) is 30.6 Å². The molecule has 1 N–H and O–H groups in total. The van der Waals surface area contributed by atoms with Gasteiger partial charge in [-0.05, 0) is 26.7 Å². The van der Waals surface area contributed by atoms with Crippen LogP contribution in [0.1, 0.15) is 54.5 Å². The van der Waals surface area contributed by atoms with Crippen molar-refractivity contribution in [2.24, 2.45) is 0 Å². The maximum Gasteiger partial charge on any atom is 0.249 e. The van der Waals surface area contributed by atoms with Crippen LogP contribution in [-0.2, 0) is 0 Å². The van der Waals surface area contributed by atoms with E-state index in [-0.39, 0.29) is 6.04 Å². The third-order valence-corrected chi connectivity index (χ3v) is 4.20. The van der Waals surface area contributed by atoms with Gasteiger partial charge in [-0.2, -0.15) is 4.98 Å². The molecule has 2 aromatic heterocycles. The third kappa shape index (κ3) is 2.45. The molecule has 0 aromatic carbocycles. The monoisotopic (exact) mass is 301 g/mol. The predicted octanol–water partition coefficient (Wildman–Crippen LogP) is 1.67. The normalized spacial score (nSPS) is 25.0. The molecule has 2 aromatic rings. The lowest BCUT2D eigenvalue weighted by molar-refractivity contribution is 0.191. The molecule has 0 bridgehead atoms. The van der Waals surface area contributed by atoms with Gasteiger partial charge in [-0.1, -0.05) is 5.16 Å². The van der Waals surface area contributed by atoms with Crippen molar-refractivity contribution in [2.45, 2.75) is 51.2 Å². The van der Waals surface area contributed by atoms with Gasteiger partial charge in [0.1, 0.15) is 17.7 Å². The van der Waals surface area contributed by atoms with Crippen molar-refractivity contribution < 1.29 is 9.63 Å². The second-order valence-corrected chi connectivity index (χ2v) is 6.24. The lowest BCUT2D eigenvalue weighted by Gasteiger charge is -2.23. The van der Waals surface area contributed by atoms with E-state index in [1.54, 1.807) is 6.92 Å². The summed E-state index contributed by atoms with van der Waals surface area (Å²) in [7, 11) is 0. The molecule has 0 spiro atoms. The van der Waals surface area contributed by atoms with Crippen LogP contribution < -0.4 is 4.90 Å². The van der Waals surface area contributed by atoms with Crippen molar-refractivity contribution in [1.82, 2.24) is 20.1 Å². The quantitative estimate of drug-likeness (QED) is 0.922. The van der Waals surface area contributed by atoms with Gasteiger partial charge in [0, 0.05) is 30.6 Å². The molecule has 0 radical (unpaired) electrons. The molecular weight excluding hydrogens is 282 g/mol. The number of hydrogen-bond donors (Lipinski definition) is 1. The van der Waals surface area contributed by atoms with Crippen molar-refractivity contribution >= 4 is 5.82 Å². The van der Waals surface area contributed by atoms with Crippen LogP contribution in [0.25, 0.3) is 0 Å². The summed E-state index contributed by atoms with van der Waals surface area (Å²) in [6, 6.07) is 1.83. The highest BCUT2D eigenvalue weighted by Crippen LogP contribution is 2.40. The molecule has 0 unspecified atom stereocenters. The molecule has 1 aliphatic carbocycles. The Bertz CT molecular complexity index is 697. The Morgan fingerprint density at radius 1 is 1.23 bits per heavy atom. The zero-order valence-electron chi connectivity index (χ0n) is 12.7. The van der Waals surface area contributed by atoms with Crippen molar-refractivity contribution in [3.05, 3.63) is 29.3 Å². The summed E-state index contributed by atoms with van der Waals surface area (Å²) in [5.41, 5.74) is 0.953. The van der Waals surface area contributed by atoms with Gasteiger partial charge >= 0.3 is 0 Å². The summed E-state index contributed by atoms with van der Waals surface area (Å²) in [5, 5.41) is 13.9. The van der Waals surface area contributed by atoms with Crippen molar-refractivity contribution in [2.75, 3.05) is 11.4 Å². The maximum atomic E-state index is 10.1. The van der Waals surface area contributed by atoms with E-state index < -0.39 is 6.10 Å². The van der Waals surface area contributed by atoms with Gasteiger partial charge in [-0.15, -0.1) is 0 Å². The van der Waals surface area contributed by atoms with E-state index in [4.69, 9.17) is 9.51 Å². The molecule has 7 heteroatoms. The van der Waals surface area contributed by atoms with E-state index in [1.165, 1.54) is 0 Å². The fraction of sp³-hybridized carbons (Fsp3) is 0.600. The fourth-order valence-corrected chi connectivity index (χ4v) is 3.00. The van der Waals surface area contributed by atoms with Crippen molar-refractivity contribution in [1.29, 1.82) is 0 Å². The number of aliphatic hydroxyl groups excluding tert-OH is 1. The molecule has 2 aliphatic rings. The van der Waals surface area contributed by atoms with Gasteiger partial charge < -0.3 is 14.5 Å². The second-order valence-electron chi connectivity index (χ2n) is 6.24. The average molecular weight is 301 g/mol. The summed E-state index contributed by atoms with van der Waals surface area (Å²) in [5.74, 6) is 3.39. The first-order valence-corrected chi connectivity index (χ1v) is 7.70.